The molecule has 5 nitrogen and oxygen atoms in total. The molecule has 2 rings (SSSR count). The van der Waals surface area contributed by atoms with Crippen molar-refractivity contribution in [2.75, 3.05) is 18.6 Å². The first kappa shape index (κ1) is 12.4. The molecule has 0 saturated heterocycles. The van der Waals surface area contributed by atoms with Gasteiger partial charge in [-0.3, -0.25) is 9.59 Å². The maximum atomic E-state index is 11.6. The third-order valence-electron chi connectivity index (χ3n) is 3.17. The summed E-state index contributed by atoms with van der Waals surface area (Å²) in [6.45, 7) is 1.90. The van der Waals surface area contributed by atoms with Crippen LogP contribution >= 0.6 is 0 Å². The van der Waals surface area contributed by atoms with Crippen LogP contribution in [0, 0.1) is 0 Å². The van der Waals surface area contributed by atoms with Gasteiger partial charge < -0.3 is 14.7 Å². The number of nitrogens with zero attached hydrogens (tertiary/aromatic N) is 1. The molecule has 1 aromatic carbocycles. The fourth-order valence-corrected chi connectivity index (χ4v) is 2.33. The van der Waals surface area contributed by atoms with E-state index in [1.165, 1.54) is 6.92 Å². The molecule has 0 saturated carbocycles. The van der Waals surface area contributed by atoms with Gasteiger partial charge in [0.2, 0.25) is 5.91 Å². The van der Waals surface area contributed by atoms with Gasteiger partial charge in [0.1, 0.15) is 5.75 Å². The van der Waals surface area contributed by atoms with E-state index in [0.717, 1.165) is 11.3 Å². The zero-order valence-electron chi connectivity index (χ0n) is 10.3. The van der Waals surface area contributed by atoms with Crippen LogP contribution in [-0.2, 0) is 9.59 Å². The zero-order valence-corrected chi connectivity index (χ0v) is 10.3. The molecule has 0 bridgehead atoms. The van der Waals surface area contributed by atoms with E-state index < -0.39 is 5.97 Å². The van der Waals surface area contributed by atoms with Crippen LogP contribution in [0.3, 0.4) is 0 Å². The van der Waals surface area contributed by atoms with Crippen molar-refractivity contribution in [2.45, 2.75) is 19.3 Å². The number of hydrogen-bond acceptors (Lipinski definition) is 3. The highest BCUT2D eigenvalue weighted by molar-refractivity contribution is 5.94. The van der Waals surface area contributed by atoms with Crippen molar-refractivity contribution in [2.24, 2.45) is 0 Å². The summed E-state index contributed by atoms with van der Waals surface area (Å²) in [5, 5.41) is 8.90. The van der Waals surface area contributed by atoms with Gasteiger partial charge in [-0.15, -0.1) is 0 Å². The van der Waals surface area contributed by atoms with Gasteiger partial charge >= 0.3 is 5.97 Å². The number of carboxylic acid groups (broad SMARTS) is 1. The number of rotatable bonds is 3. The number of carbonyl (C=O) groups is 2. The zero-order chi connectivity index (χ0) is 13.3. The smallest absolute Gasteiger partial charge is 0.304 e. The number of amides is 1. The maximum Gasteiger partial charge on any atom is 0.304 e. The Bertz CT molecular complexity index is 498. The minimum atomic E-state index is -0.854. The van der Waals surface area contributed by atoms with Gasteiger partial charge in [-0.25, -0.2) is 0 Å². The summed E-state index contributed by atoms with van der Waals surface area (Å²) >= 11 is 0. The summed E-state index contributed by atoms with van der Waals surface area (Å²) in [4.78, 5) is 24.0. The van der Waals surface area contributed by atoms with Crippen molar-refractivity contribution in [1.29, 1.82) is 0 Å². The summed E-state index contributed by atoms with van der Waals surface area (Å²) in [5.74, 6) is -0.423. The number of hydrogen-bond donors (Lipinski definition) is 1. The van der Waals surface area contributed by atoms with Crippen molar-refractivity contribution >= 4 is 17.6 Å². The average molecular weight is 249 g/mol. The molecule has 1 aliphatic heterocycles. The Morgan fingerprint density at radius 1 is 1.50 bits per heavy atom. The van der Waals surface area contributed by atoms with Crippen molar-refractivity contribution in [3.8, 4) is 5.75 Å². The van der Waals surface area contributed by atoms with Crippen molar-refractivity contribution in [3.05, 3.63) is 23.8 Å². The van der Waals surface area contributed by atoms with E-state index in [0.29, 0.717) is 12.3 Å². The molecule has 1 N–H and O–H groups in total. The van der Waals surface area contributed by atoms with Gasteiger partial charge in [0.25, 0.3) is 0 Å². The fourth-order valence-electron chi connectivity index (χ4n) is 2.33. The predicted molar refractivity (Wildman–Crippen MR) is 66.0 cm³/mol. The Morgan fingerprint density at radius 2 is 2.22 bits per heavy atom. The maximum absolute atomic E-state index is 11.6. The van der Waals surface area contributed by atoms with E-state index in [2.05, 4.69) is 0 Å². The second kappa shape index (κ2) is 4.68. The molecule has 18 heavy (non-hydrogen) atoms. The second-order valence-electron chi connectivity index (χ2n) is 4.35. The Hall–Kier alpha value is -2.04. The second-order valence-corrected chi connectivity index (χ2v) is 4.35. The van der Waals surface area contributed by atoms with Gasteiger partial charge in [0, 0.05) is 25.5 Å². The molecule has 1 heterocycles. The highest BCUT2D eigenvalue weighted by atomic mass is 16.5. The molecule has 0 fully saturated rings. The summed E-state index contributed by atoms with van der Waals surface area (Å²) in [6, 6.07) is 5.40. The normalized spacial score (nSPS) is 17.4. The Labute approximate surface area is 105 Å². The van der Waals surface area contributed by atoms with Crippen LogP contribution < -0.4 is 9.64 Å². The number of aliphatic carboxylic acids is 1. The molecular weight excluding hydrogens is 234 g/mol. The highest BCUT2D eigenvalue weighted by Crippen LogP contribution is 2.40. The molecule has 0 spiro atoms. The molecular formula is C13H15NO4. The molecule has 0 aliphatic carbocycles. The molecule has 0 radical (unpaired) electrons. The van der Waals surface area contributed by atoms with E-state index in [9.17, 15) is 9.59 Å². The average Bonchev–Trinajstić information content (AvgIpc) is 2.66. The predicted octanol–water partition coefficient (Wildman–Crippen LogP) is 1.62. The fraction of sp³-hybridized carbons (Fsp3) is 0.385. The standard InChI is InChI=1S/C13H15NO4/c1-8(15)14-7-9(5-13(16)17)11-4-3-10(18-2)6-12(11)14/h3-4,6,9H,5,7H2,1-2H3,(H,16,17). The van der Waals surface area contributed by atoms with Gasteiger partial charge in [-0.2, -0.15) is 0 Å². The van der Waals surface area contributed by atoms with Crippen molar-refractivity contribution < 1.29 is 19.4 Å². The minimum Gasteiger partial charge on any atom is -0.497 e. The van der Waals surface area contributed by atoms with Gasteiger partial charge in [0.05, 0.1) is 19.2 Å². The molecule has 96 valence electrons. The van der Waals surface area contributed by atoms with Gasteiger partial charge in [0.15, 0.2) is 0 Å². The van der Waals surface area contributed by atoms with Crippen LogP contribution in [0.4, 0.5) is 5.69 Å². The number of fused-ring (bicyclic) bond motifs is 1. The molecule has 0 aromatic heterocycles. The number of carbonyl (C=O) groups excluding carboxylic acids is 1. The molecule has 1 unspecified atom stereocenters. The molecule has 1 amide bonds. The summed E-state index contributed by atoms with van der Waals surface area (Å²) in [5.41, 5.74) is 1.65. The SMILES string of the molecule is COc1ccc2c(c1)N(C(C)=O)CC2CC(=O)O. The van der Waals surface area contributed by atoms with E-state index >= 15 is 0 Å². The van der Waals surface area contributed by atoms with Crippen LogP contribution in [0.25, 0.3) is 0 Å². The highest BCUT2D eigenvalue weighted by Gasteiger charge is 2.32. The third kappa shape index (κ3) is 2.16. The van der Waals surface area contributed by atoms with Gasteiger partial charge in [-0.1, -0.05) is 6.07 Å². The van der Waals surface area contributed by atoms with Crippen molar-refractivity contribution in [3.63, 3.8) is 0 Å². The first-order chi connectivity index (χ1) is 8.52. The molecule has 1 aliphatic rings. The number of benzene rings is 1. The lowest BCUT2D eigenvalue weighted by molar-refractivity contribution is -0.137. The monoisotopic (exact) mass is 249 g/mol. The van der Waals surface area contributed by atoms with E-state index in [4.69, 9.17) is 9.84 Å². The first-order valence-electron chi connectivity index (χ1n) is 5.70. The summed E-state index contributed by atoms with van der Waals surface area (Å²) in [6.07, 6.45) is 0.0309. The van der Waals surface area contributed by atoms with Crippen LogP contribution in [0.15, 0.2) is 18.2 Å². The quantitative estimate of drug-likeness (QED) is 0.884. The lowest BCUT2D eigenvalue weighted by atomic mass is 9.98. The molecule has 1 aromatic rings. The van der Waals surface area contributed by atoms with Crippen LogP contribution in [0.5, 0.6) is 5.75 Å². The number of anilines is 1. The lowest BCUT2D eigenvalue weighted by Gasteiger charge is -2.15. The lowest BCUT2D eigenvalue weighted by Crippen LogP contribution is -2.27. The third-order valence-corrected chi connectivity index (χ3v) is 3.17. The van der Waals surface area contributed by atoms with E-state index in [-0.39, 0.29) is 18.2 Å². The van der Waals surface area contributed by atoms with E-state index in [1.54, 1.807) is 24.1 Å². The Balaban J connectivity index is 2.40. The summed E-state index contributed by atoms with van der Waals surface area (Å²) in [7, 11) is 1.56. The number of ether oxygens (including phenoxy) is 1. The molecule has 1 atom stereocenters. The van der Waals surface area contributed by atoms with Crippen molar-refractivity contribution in [1.82, 2.24) is 0 Å². The summed E-state index contributed by atoms with van der Waals surface area (Å²) < 4.78 is 5.13. The van der Waals surface area contributed by atoms with Crippen LogP contribution in [0.1, 0.15) is 24.8 Å². The first-order valence-corrected chi connectivity index (χ1v) is 5.70. The Morgan fingerprint density at radius 3 is 2.78 bits per heavy atom. The number of carboxylic acids is 1. The largest absolute Gasteiger partial charge is 0.497 e. The van der Waals surface area contributed by atoms with Crippen LogP contribution in [-0.4, -0.2) is 30.6 Å². The topological polar surface area (TPSA) is 66.8 Å². The van der Waals surface area contributed by atoms with Gasteiger partial charge in [-0.05, 0) is 11.6 Å². The Kier molecular flexibility index (Phi) is 3.23. The van der Waals surface area contributed by atoms with Crippen LogP contribution in [0.2, 0.25) is 0 Å². The van der Waals surface area contributed by atoms with E-state index in [1.807, 2.05) is 6.07 Å². The number of methoxy groups -OCH3 is 1. The minimum absolute atomic E-state index is 0.0309. The molecule has 5 heteroatoms.